The van der Waals surface area contributed by atoms with Gasteiger partial charge in [-0.2, -0.15) is 0 Å². The molecular weight excluding hydrogens is 303 g/mol. The number of amides is 2. The third-order valence-electron chi connectivity index (χ3n) is 4.02. The van der Waals surface area contributed by atoms with Gasteiger partial charge in [0.15, 0.2) is 0 Å². The summed E-state index contributed by atoms with van der Waals surface area (Å²) in [5.41, 5.74) is -0.634. The predicted octanol–water partition coefficient (Wildman–Crippen LogP) is 2.25. The number of rotatable bonds is 3. The summed E-state index contributed by atoms with van der Waals surface area (Å²) >= 11 is 0. The van der Waals surface area contributed by atoms with Crippen molar-refractivity contribution < 1.29 is 23.9 Å². The zero-order valence-corrected chi connectivity index (χ0v) is 13.2. The summed E-state index contributed by atoms with van der Waals surface area (Å²) in [6.07, 6.45) is 0.862. The number of carboxylic acids is 1. The van der Waals surface area contributed by atoms with Gasteiger partial charge >= 0.3 is 5.97 Å². The smallest absolute Gasteiger partial charge is 0.326 e. The van der Waals surface area contributed by atoms with Crippen molar-refractivity contribution in [2.75, 3.05) is 5.32 Å². The minimum atomic E-state index is -1.10. The molecule has 0 aromatic heterocycles. The number of anilines is 1. The molecule has 0 bridgehead atoms. The van der Waals surface area contributed by atoms with Crippen LogP contribution < -0.4 is 5.32 Å². The van der Waals surface area contributed by atoms with Gasteiger partial charge in [0.05, 0.1) is 5.56 Å². The summed E-state index contributed by atoms with van der Waals surface area (Å²) in [4.78, 5) is 36.2. The molecule has 7 heteroatoms. The van der Waals surface area contributed by atoms with E-state index in [0.717, 1.165) is 6.07 Å². The van der Waals surface area contributed by atoms with Gasteiger partial charge in [0.2, 0.25) is 5.91 Å². The van der Waals surface area contributed by atoms with Gasteiger partial charge in [0.25, 0.3) is 5.91 Å². The Morgan fingerprint density at radius 3 is 2.52 bits per heavy atom. The molecule has 1 aromatic rings. The second-order valence-electron chi connectivity index (χ2n) is 6.26. The van der Waals surface area contributed by atoms with E-state index in [0.29, 0.717) is 12.8 Å². The van der Waals surface area contributed by atoms with E-state index in [2.05, 4.69) is 5.32 Å². The van der Waals surface area contributed by atoms with Crippen LogP contribution in [0.4, 0.5) is 10.1 Å². The van der Waals surface area contributed by atoms with Crippen molar-refractivity contribution in [3.63, 3.8) is 0 Å². The van der Waals surface area contributed by atoms with Crippen LogP contribution in [-0.4, -0.2) is 39.4 Å². The lowest BCUT2D eigenvalue weighted by molar-refractivity contribution is -0.142. The lowest BCUT2D eigenvalue weighted by atomic mass is 10.0. The Kier molecular flexibility index (Phi) is 4.40. The number of aliphatic carboxylic acids is 1. The molecule has 23 heavy (non-hydrogen) atoms. The molecule has 2 N–H and O–H groups in total. The fourth-order valence-electron chi connectivity index (χ4n) is 2.91. The molecule has 2 rings (SSSR count). The highest BCUT2D eigenvalue weighted by Gasteiger charge is 2.46. The maximum atomic E-state index is 14.2. The van der Waals surface area contributed by atoms with Gasteiger partial charge in [-0.15, -0.1) is 0 Å². The second kappa shape index (κ2) is 5.98. The summed E-state index contributed by atoms with van der Waals surface area (Å²) in [5, 5.41) is 11.7. The number of carbonyl (C=O) groups is 3. The number of nitrogens with one attached hydrogen (secondary N) is 1. The largest absolute Gasteiger partial charge is 0.480 e. The molecule has 2 amide bonds. The number of carbonyl (C=O) groups excluding carboxylic acids is 2. The van der Waals surface area contributed by atoms with Crippen molar-refractivity contribution in [1.82, 2.24) is 4.90 Å². The quantitative estimate of drug-likeness (QED) is 0.893. The van der Waals surface area contributed by atoms with Crippen molar-refractivity contribution >= 4 is 23.5 Å². The number of likely N-dealkylation sites (tertiary alicyclic amines) is 1. The molecular formula is C16H19FN2O4. The van der Waals surface area contributed by atoms with Crippen molar-refractivity contribution in [2.45, 2.75) is 45.2 Å². The van der Waals surface area contributed by atoms with Crippen LogP contribution in [0.2, 0.25) is 0 Å². The summed E-state index contributed by atoms with van der Waals surface area (Å²) in [6.45, 7) is 4.82. The van der Waals surface area contributed by atoms with E-state index >= 15 is 0 Å². The first-order valence-corrected chi connectivity index (χ1v) is 7.27. The Balaban J connectivity index is 2.35. The standard InChI is InChI=1S/C16H19FN2O4/c1-9(20)18-10-4-5-11(12(17)8-10)14(21)19-13(15(22)23)6-7-16(19,2)3/h4-5,8,13H,6-7H2,1-3H3,(H,18,20)(H,22,23). The molecule has 1 heterocycles. The minimum absolute atomic E-state index is 0.208. The third kappa shape index (κ3) is 3.33. The SMILES string of the molecule is CC(=O)Nc1ccc(C(=O)N2C(C(=O)O)CCC2(C)C)c(F)c1. The van der Waals surface area contributed by atoms with Crippen LogP contribution in [0.25, 0.3) is 0 Å². The number of benzene rings is 1. The summed E-state index contributed by atoms with van der Waals surface area (Å²) in [7, 11) is 0. The fraction of sp³-hybridized carbons (Fsp3) is 0.438. The minimum Gasteiger partial charge on any atom is -0.480 e. The molecule has 6 nitrogen and oxygen atoms in total. The van der Waals surface area contributed by atoms with E-state index < -0.39 is 29.3 Å². The Morgan fingerprint density at radius 2 is 2.00 bits per heavy atom. The lowest BCUT2D eigenvalue weighted by Gasteiger charge is -2.34. The van der Waals surface area contributed by atoms with Crippen LogP contribution in [0.5, 0.6) is 0 Å². The highest BCUT2D eigenvalue weighted by Crippen LogP contribution is 2.35. The third-order valence-corrected chi connectivity index (χ3v) is 4.02. The Bertz CT molecular complexity index is 672. The molecule has 0 radical (unpaired) electrons. The van der Waals surface area contributed by atoms with Gasteiger partial charge in [0.1, 0.15) is 11.9 Å². The first-order valence-electron chi connectivity index (χ1n) is 7.27. The van der Waals surface area contributed by atoms with Gasteiger partial charge in [-0.1, -0.05) is 0 Å². The number of halogens is 1. The van der Waals surface area contributed by atoms with Crippen molar-refractivity contribution in [3.8, 4) is 0 Å². The van der Waals surface area contributed by atoms with Gasteiger partial charge in [-0.05, 0) is 44.9 Å². The highest BCUT2D eigenvalue weighted by molar-refractivity contribution is 5.98. The van der Waals surface area contributed by atoms with E-state index in [-0.39, 0.29) is 17.2 Å². The van der Waals surface area contributed by atoms with Crippen LogP contribution >= 0.6 is 0 Å². The Labute approximate surface area is 133 Å². The van der Waals surface area contributed by atoms with Gasteiger partial charge in [-0.3, -0.25) is 9.59 Å². The molecule has 124 valence electrons. The molecule has 1 atom stereocenters. The molecule has 1 aliphatic heterocycles. The summed E-state index contributed by atoms with van der Waals surface area (Å²) in [6, 6.07) is 2.76. The first-order chi connectivity index (χ1) is 10.6. The van der Waals surface area contributed by atoms with E-state index in [1.807, 2.05) is 0 Å². The normalized spacial score (nSPS) is 19.5. The monoisotopic (exact) mass is 322 g/mol. The Hall–Kier alpha value is -2.44. The van der Waals surface area contributed by atoms with Gasteiger partial charge in [-0.25, -0.2) is 9.18 Å². The molecule has 1 fully saturated rings. The topological polar surface area (TPSA) is 86.7 Å². The van der Waals surface area contributed by atoms with Gasteiger partial charge < -0.3 is 15.3 Å². The second-order valence-corrected chi connectivity index (χ2v) is 6.26. The molecule has 0 spiro atoms. The van der Waals surface area contributed by atoms with E-state index in [1.54, 1.807) is 13.8 Å². The summed E-state index contributed by atoms with van der Waals surface area (Å²) < 4.78 is 14.2. The maximum absolute atomic E-state index is 14.2. The number of hydrogen-bond donors (Lipinski definition) is 2. The van der Waals surface area contributed by atoms with Crippen molar-refractivity contribution in [2.24, 2.45) is 0 Å². The molecule has 0 aliphatic carbocycles. The van der Waals surface area contributed by atoms with E-state index in [9.17, 15) is 23.9 Å². The van der Waals surface area contributed by atoms with Crippen LogP contribution in [0, 0.1) is 5.82 Å². The van der Waals surface area contributed by atoms with E-state index in [4.69, 9.17) is 0 Å². The van der Waals surface area contributed by atoms with Crippen LogP contribution in [-0.2, 0) is 9.59 Å². The first kappa shape index (κ1) is 16.9. The molecule has 1 unspecified atom stereocenters. The molecule has 1 saturated heterocycles. The Morgan fingerprint density at radius 1 is 1.35 bits per heavy atom. The number of carboxylic acid groups (broad SMARTS) is 1. The average Bonchev–Trinajstić information content (AvgIpc) is 2.73. The summed E-state index contributed by atoms with van der Waals surface area (Å²) in [5.74, 6) is -2.91. The zero-order valence-electron chi connectivity index (χ0n) is 13.2. The van der Waals surface area contributed by atoms with Crippen molar-refractivity contribution in [3.05, 3.63) is 29.6 Å². The van der Waals surface area contributed by atoms with E-state index in [1.165, 1.54) is 24.0 Å². The van der Waals surface area contributed by atoms with Crippen LogP contribution in [0.3, 0.4) is 0 Å². The molecule has 1 aromatic carbocycles. The zero-order chi connectivity index (χ0) is 17.4. The van der Waals surface area contributed by atoms with Crippen LogP contribution in [0.15, 0.2) is 18.2 Å². The highest BCUT2D eigenvalue weighted by atomic mass is 19.1. The fourth-order valence-corrected chi connectivity index (χ4v) is 2.91. The average molecular weight is 322 g/mol. The molecule has 0 saturated carbocycles. The van der Waals surface area contributed by atoms with Crippen molar-refractivity contribution in [1.29, 1.82) is 0 Å². The predicted molar refractivity (Wildman–Crippen MR) is 81.6 cm³/mol. The molecule has 1 aliphatic rings. The number of hydrogen-bond acceptors (Lipinski definition) is 3. The lowest BCUT2D eigenvalue weighted by Crippen LogP contribution is -2.50. The van der Waals surface area contributed by atoms with Gasteiger partial charge in [0, 0.05) is 18.2 Å². The van der Waals surface area contributed by atoms with Crippen LogP contribution in [0.1, 0.15) is 44.0 Å². The number of nitrogens with zero attached hydrogens (tertiary/aromatic N) is 1. The maximum Gasteiger partial charge on any atom is 0.326 e.